The Morgan fingerprint density at radius 1 is 0.889 bits per heavy atom. The Bertz CT molecular complexity index is 258. The number of carbonyl (C=O) groups is 2. The van der Waals surface area contributed by atoms with Crippen molar-refractivity contribution >= 4 is 11.9 Å². The van der Waals surface area contributed by atoms with E-state index in [0.29, 0.717) is 13.2 Å². The van der Waals surface area contributed by atoms with Gasteiger partial charge in [0.05, 0.1) is 13.2 Å². The van der Waals surface area contributed by atoms with E-state index in [4.69, 9.17) is 18.9 Å². The molecular formula is C12H20O6. The molecule has 0 bridgehead atoms. The first-order valence-electron chi connectivity index (χ1n) is 5.56. The predicted octanol–water partition coefficient (Wildman–Crippen LogP) is 0.699. The van der Waals surface area contributed by atoms with Gasteiger partial charge in [-0.15, -0.1) is 0 Å². The quantitative estimate of drug-likeness (QED) is 0.472. The first kappa shape index (κ1) is 16.6. The van der Waals surface area contributed by atoms with Gasteiger partial charge in [0.2, 0.25) is 0 Å². The molecule has 0 radical (unpaired) electrons. The Morgan fingerprint density at radius 3 is 1.50 bits per heavy atom. The molecule has 104 valence electrons. The van der Waals surface area contributed by atoms with Gasteiger partial charge in [-0.05, 0) is 13.8 Å². The summed E-state index contributed by atoms with van der Waals surface area (Å²) in [5.74, 6) is -1.23. The Kier molecular flexibility index (Phi) is 8.86. The van der Waals surface area contributed by atoms with Crippen LogP contribution in [0.5, 0.6) is 0 Å². The SMILES string of the molecule is COC[C@@H](C)OC(=O)/C=C/C(=O)O[C@@H](C)COC. The molecule has 0 unspecified atom stereocenters. The fourth-order valence-electron chi connectivity index (χ4n) is 1.15. The number of hydrogen-bond acceptors (Lipinski definition) is 6. The van der Waals surface area contributed by atoms with E-state index < -0.39 is 11.9 Å². The van der Waals surface area contributed by atoms with Gasteiger partial charge in [0, 0.05) is 26.4 Å². The highest BCUT2D eigenvalue weighted by molar-refractivity contribution is 5.91. The Morgan fingerprint density at radius 2 is 1.22 bits per heavy atom. The minimum Gasteiger partial charge on any atom is -0.457 e. The molecule has 0 amide bonds. The number of rotatable bonds is 8. The maximum absolute atomic E-state index is 11.2. The van der Waals surface area contributed by atoms with Gasteiger partial charge in [-0.1, -0.05) is 0 Å². The molecule has 0 heterocycles. The van der Waals surface area contributed by atoms with Gasteiger partial charge in [0.15, 0.2) is 0 Å². The van der Waals surface area contributed by atoms with Crippen LogP contribution in [-0.4, -0.2) is 51.6 Å². The summed E-state index contributed by atoms with van der Waals surface area (Å²) in [6.07, 6.45) is 1.31. The van der Waals surface area contributed by atoms with E-state index in [9.17, 15) is 9.59 Å². The third-order valence-corrected chi connectivity index (χ3v) is 1.79. The van der Waals surface area contributed by atoms with Gasteiger partial charge in [0.1, 0.15) is 12.2 Å². The van der Waals surface area contributed by atoms with E-state index >= 15 is 0 Å². The van der Waals surface area contributed by atoms with Gasteiger partial charge in [-0.25, -0.2) is 9.59 Å². The van der Waals surface area contributed by atoms with Crippen molar-refractivity contribution in [3.8, 4) is 0 Å². The van der Waals surface area contributed by atoms with Crippen LogP contribution in [0, 0.1) is 0 Å². The van der Waals surface area contributed by atoms with Crippen LogP contribution >= 0.6 is 0 Å². The second-order valence-corrected chi connectivity index (χ2v) is 3.74. The summed E-state index contributed by atoms with van der Waals surface area (Å²) in [5, 5.41) is 0. The van der Waals surface area contributed by atoms with E-state index in [2.05, 4.69) is 0 Å². The molecule has 0 fully saturated rings. The monoisotopic (exact) mass is 260 g/mol. The van der Waals surface area contributed by atoms with Crippen molar-refractivity contribution < 1.29 is 28.5 Å². The molecule has 0 aliphatic rings. The molecule has 0 aromatic heterocycles. The first-order chi connectivity index (χ1) is 8.49. The predicted molar refractivity (Wildman–Crippen MR) is 64.0 cm³/mol. The van der Waals surface area contributed by atoms with Crippen molar-refractivity contribution in [3.05, 3.63) is 12.2 Å². The van der Waals surface area contributed by atoms with Crippen molar-refractivity contribution in [2.75, 3.05) is 27.4 Å². The summed E-state index contributed by atoms with van der Waals surface area (Å²) < 4.78 is 19.4. The van der Waals surface area contributed by atoms with Crippen molar-refractivity contribution in [2.45, 2.75) is 26.1 Å². The molecule has 0 aliphatic heterocycles. The number of methoxy groups -OCH3 is 2. The molecule has 0 saturated heterocycles. The second-order valence-electron chi connectivity index (χ2n) is 3.74. The number of carbonyl (C=O) groups excluding carboxylic acids is 2. The summed E-state index contributed by atoms with van der Waals surface area (Å²) in [5.41, 5.74) is 0. The summed E-state index contributed by atoms with van der Waals surface area (Å²) in [6, 6.07) is 0. The molecule has 0 rings (SSSR count). The zero-order valence-corrected chi connectivity index (χ0v) is 11.2. The van der Waals surface area contributed by atoms with E-state index in [0.717, 1.165) is 12.2 Å². The number of hydrogen-bond donors (Lipinski definition) is 0. The normalized spacial score (nSPS) is 14.2. The molecule has 6 heteroatoms. The molecule has 0 aliphatic carbocycles. The maximum atomic E-state index is 11.2. The molecule has 6 nitrogen and oxygen atoms in total. The Hall–Kier alpha value is -1.40. The van der Waals surface area contributed by atoms with Crippen LogP contribution in [0.1, 0.15) is 13.8 Å². The van der Waals surface area contributed by atoms with E-state index in [1.165, 1.54) is 14.2 Å². The third-order valence-electron chi connectivity index (χ3n) is 1.79. The van der Waals surface area contributed by atoms with Crippen molar-refractivity contribution in [1.82, 2.24) is 0 Å². The van der Waals surface area contributed by atoms with E-state index in [1.807, 2.05) is 0 Å². The summed E-state index contributed by atoms with van der Waals surface area (Å²) >= 11 is 0. The lowest BCUT2D eigenvalue weighted by Crippen LogP contribution is -2.20. The average Bonchev–Trinajstić information content (AvgIpc) is 2.27. The Labute approximate surface area is 107 Å². The minimum atomic E-state index is -0.615. The molecule has 18 heavy (non-hydrogen) atoms. The zero-order chi connectivity index (χ0) is 14.0. The van der Waals surface area contributed by atoms with Crippen molar-refractivity contribution in [1.29, 1.82) is 0 Å². The van der Waals surface area contributed by atoms with Gasteiger partial charge >= 0.3 is 11.9 Å². The fourth-order valence-corrected chi connectivity index (χ4v) is 1.15. The topological polar surface area (TPSA) is 71.1 Å². The number of ether oxygens (including phenoxy) is 4. The third kappa shape index (κ3) is 8.72. The Balaban J connectivity index is 3.98. The van der Waals surface area contributed by atoms with Gasteiger partial charge in [-0.2, -0.15) is 0 Å². The van der Waals surface area contributed by atoms with Crippen LogP contribution in [-0.2, 0) is 28.5 Å². The first-order valence-corrected chi connectivity index (χ1v) is 5.56. The van der Waals surface area contributed by atoms with Crippen molar-refractivity contribution in [2.24, 2.45) is 0 Å². The van der Waals surface area contributed by atoms with Gasteiger partial charge in [-0.3, -0.25) is 0 Å². The summed E-state index contributed by atoms with van der Waals surface area (Å²) in [6.45, 7) is 3.98. The smallest absolute Gasteiger partial charge is 0.331 e. The van der Waals surface area contributed by atoms with Gasteiger partial charge in [0.25, 0.3) is 0 Å². The fraction of sp³-hybridized carbons (Fsp3) is 0.667. The molecule has 0 N–H and O–H groups in total. The lowest BCUT2D eigenvalue weighted by molar-refractivity contribution is -0.147. The maximum Gasteiger partial charge on any atom is 0.331 e. The molecule has 0 aromatic carbocycles. The van der Waals surface area contributed by atoms with Crippen LogP contribution in [0.4, 0.5) is 0 Å². The van der Waals surface area contributed by atoms with Crippen LogP contribution in [0.2, 0.25) is 0 Å². The molecule has 0 aromatic rings. The zero-order valence-electron chi connectivity index (χ0n) is 11.2. The number of esters is 2. The standard InChI is InChI=1S/C12H20O6/c1-9(7-15-3)17-11(13)5-6-12(14)18-10(2)8-16-4/h5-6,9-10H,7-8H2,1-4H3/b6-5+/t9-,10+. The van der Waals surface area contributed by atoms with Gasteiger partial charge < -0.3 is 18.9 Å². The lowest BCUT2D eigenvalue weighted by Gasteiger charge is -2.11. The summed E-state index contributed by atoms with van der Waals surface area (Å²) in [7, 11) is 3.02. The lowest BCUT2D eigenvalue weighted by atomic mass is 10.4. The van der Waals surface area contributed by atoms with Crippen molar-refractivity contribution in [3.63, 3.8) is 0 Å². The van der Waals surface area contributed by atoms with Crippen LogP contribution in [0.25, 0.3) is 0 Å². The highest BCUT2D eigenvalue weighted by Crippen LogP contribution is 1.96. The average molecular weight is 260 g/mol. The van der Waals surface area contributed by atoms with Crippen LogP contribution in [0.15, 0.2) is 12.2 Å². The molecule has 0 spiro atoms. The molecule has 0 saturated carbocycles. The highest BCUT2D eigenvalue weighted by Gasteiger charge is 2.09. The summed E-state index contributed by atoms with van der Waals surface area (Å²) in [4.78, 5) is 22.5. The second kappa shape index (κ2) is 9.61. The van der Waals surface area contributed by atoms with E-state index in [-0.39, 0.29) is 12.2 Å². The minimum absolute atomic E-state index is 0.300. The highest BCUT2D eigenvalue weighted by atomic mass is 16.6. The van der Waals surface area contributed by atoms with E-state index in [1.54, 1.807) is 13.8 Å². The largest absolute Gasteiger partial charge is 0.457 e. The molecular weight excluding hydrogens is 240 g/mol. The van der Waals surface area contributed by atoms with Crippen LogP contribution in [0.3, 0.4) is 0 Å². The molecule has 2 atom stereocenters. The van der Waals surface area contributed by atoms with Crippen LogP contribution < -0.4 is 0 Å².